The topological polar surface area (TPSA) is 37.4 Å². The Morgan fingerprint density at radius 3 is 3.16 bits per heavy atom. The highest BCUT2D eigenvalue weighted by atomic mass is 16.5. The maximum Gasteiger partial charge on any atom is 0.0858 e. The van der Waals surface area contributed by atoms with E-state index in [4.69, 9.17) is 4.74 Å². The molecular formula is C15H25N3O. The van der Waals surface area contributed by atoms with Gasteiger partial charge in [-0.3, -0.25) is 9.88 Å². The third-order valence-electron chi connectivity index (χ3n) is 3.72. The number of hydrogen-bond acceptors (Lipinski definition) is 4. The molecule has 4 heteroatoms. The molecule has 0 bridgehead atoms. The van der Waals surface area contributed by atoms with E-state index in [1.54, 1.807) is 0 Å². The number of nitrogens with one attached hydrogen (secondary N) is 1. The van der Waals surface area contributed by atoms with Gasteiger partial charge < -0.3 is 10.1 Å². The zero-order chi connectivity index (χ0) is 13.5. The molecule has 2 heterocycles. The van der Waals surface area contributed by atoms with Gasteiger partial charge in [0.15, 0.2) is 0 Å². The van der Waals surface area contributed by atoms with Gasteiger partial charge in [0.05, 0.1) is 12.7 Å². The van der Waals surface area contributed by atoms with Gasteiger partial charge in [0, 0.05) is 31.5 Å². The molecule has 1 aliphatic rings. The second-order valence-electron chi connectivity index (χ2n) is 5.17. The first-order chi connectivity index (χ1) is 9.33. The highest BCUT2D eigenvalue weighted by Gasteiger charge is 2.26. The van der Waals surface area contributed by atoms with E-state index in [9.17, 15) is 0 Å². The van der Waals surface area contributed by atoms with Crippen LogP contribution in [0.2, 0.25) is 0 Å². The van der Waals surface area contributed by atoms with E-state index < -0.39 is 0 Å². The van der Waals surface area contributed by atoms with Crippen LogP contribution in [0.5, 0.6) is 0 Å². The van der Waals surface area contributed by atoms with Crippen LogP contribution in [0, 0.1) is 0 Å². The number of hydrogen-bond donors (Lipinski definition) is 1. The van der Waals surface area contributed by atoms with Crippen LogP contribution >= 0.6 is 0 Å². The minimum Gasteiger partial charge on any atom is -0.374 e. The molecule has 1 aliphatic heterocycles. The SMILES string of the molecule is CCCN1CCOC(C(Cc2cccnc2)NC)C1. The summed E-state index contributed by atoms with van der Waals surface area (Å²) >= 11 is 0. The summed E-state index contributed by atoms with van der Waals surface area (Å²) in [6.45, 7) is 6.34. The lowest BCUT2D eigenvalue weighted by Gasteiger charge is -2.37. The van der Waals surface area contributed by atoms with E-state index in [0.29, 0.717) is 6.04 Å². The lowest BCUT2D eigenvalue weighted by atomic mass is 10.0. The van der Waals surface area contributed by atoms with Crippen LogP contribution in [-0.2, 0) is 11.2 Å². The first kappa shape index (κ1) is 14.4. The number of aromatic nitrogens is 1. The molecule has 1 saturated heterocycles. The number of rotatable bonds is 6. The molecule has 2 unspecified atom stereocenters. The smallest absolute Gasteiger partial charge is 0.0858 e. The lowest BCUT2D eigenvalue weighted by molar-refractivity contribution is -0.0450. The number of ether oxygens (including phenoxy) is 1. The molecule has 19 heavy (non-hydrogen) atoms. The zero-order valence-corrected chi connectivity index (χ0v) is 12.0. The zero-order valence-electron chi connectivity index (χ0n) is 12.0. The van der Waals surface area contributed by atoms with E-state index >= 15 is 0 Å². The molecule has 0 saturated carbocycles. The summed E-state index contributed by atoms with van der Waals surface area (Å²) in [6.07, 6.45) is 6.20. The van der Waals surface area contributed by atoms with E-state index in [1.807, 2.05) is 25.5 Å². The third-order valence-corrected chi connectivity index (χ3v) is 3.72. The minimum atomic E-state index is 0.269. The summed E-state index contributed by atoms with van der Waals surface area (Å²) in [6, 6.07) is 4.47. The minimum absolute atomic E-state index is 0.269. The maximum absolute atomic E-state index is 5.96. The Morgan fingerprint density at radius 2 is 2.47 bits per heavy atom. The van der Waals surface area contributed by atoms with Crippen molar-refractivity contribution in [3.05, 3.63) is 30.1 Å². The van der Waals surface area contributed by atoms with Crippen molar-refractivity contribution in [1.82, 2.24) is 15.2 Å². The Labute approximate surface area is 116 Å². The highest BCUT2D eigenvalue weighted by Crippen LogP contribution is 2.13. The molecule has 0 radical (unpaired) electrons. The van der Waals surface area contributed by atoms with Gasteiger partial charge in [0.1, 0.15) is 0 Å². The summed E-state index contributed by atoms with van der Waals surface area (Å²) in [7, 11) is 2.02. The van der Waals surface area contributed by atoms with Crippen molar-refractivity contribution in [2.75, 3.05) is 33.3 Å². The molecule has 1 N–H and O–H groups in total. The number of nitrogens with zero attached hydrogens (tertiary/aromatic N) is 2. The second-order valence-corrected chi connectivity index (χ2v) is 5.17. The van der Waals surface area contributed by atoms with Gasteiger partial charge in [-0.25, -0.2) is 0 Å². The molecule has 106 valence electrons. The van der Waals surface area contributed by atoms with Gasteiger partial charge in [-0.2, -0.15) is 0 Å². The van der Waals surface area contributed by atoms with Crippen molar-refractivity contribution in [1.29, 1.82) is 0 Å². The molecular weight excluding hydrogens is 238 g/mol. The molecule has 2 rings (SSSR count). The first-order valence-corrected chi connectivity index (χ1v) is 7.23. The molecule has 2 atom stereocenters. The molecule has 1 fully saturated rings. The molecule has 1 aromatic rings. The fourth-order valence-electron chi connectivity index (χ4n) is 2.69. The average molecular weight is 263 g/mol. The summed E-state index contributed by atoms with van der Waals surface area (Å²) in [5, 5.41) is 3.40. The van der Waals surface area contributed by atoms with Crippen LogP contribution in [0.3, 0.4) is 0 Å². The van der Waals surface area contributed by atoms with Crippen molar-refractivity contribution in [3.8, 4) is 0 Å². The highest BCUT2D eigenvalue weighted by molar-refractivity contribution is 5.11. The fraction of sp³-hybridized carbons (Fsp3) is 0.667. The number of morpholine rings is 1. The van der Waals surface area contributed by atoms with Crippen LogP contribution in [0.15, 0.2) is 24.5 Å². The van der Waals surface area contributed by atoms with Crippen LogP contribution in [0.1, 0.15) is 18.9 Å². The molecule has 0 amide bonds. The second kappa shape index (κ2) is 7.58. The normalized spacial score (nSPS) is 22.3. The van der Waals surface area contributed by atoms with E-state index in [-0.39, 0.29) is 6.10 Å². The van der Waals surface area contributed by atoms with Gasteiger partial charge in [0.2, 0.25) is 0 Å². The monoisotopic (exact) mass is 263 g/mol. The Balaban J connectivity index is 1.93. The van der Waals surface area contributed by atoms with E-state index in [0.717, 1.165) is 26.1 Å². The van der Waals surface area contributed by atoms with Gasteiger partial charge in [-0.1, -0.05) is 13.0 Å². The van der Waals surface area contributed by atoms with E-state index in [1.165, 1.54) is 18.5 Å². The summed E-state index contributed by atoms with van der Waals surface area (Å²) in [5.74, 6) is 0. The van der Waals surface area contributed by atoms with Gasteiger partial charge >= 0.3 is 0 Å². The predicted octanol–water partition coefficient (Wildman–Crippen LogP) is 1.32. The number of likely N-dealkylation sites (N-methyl/N-ethyl adjacent to an activating group) is 1. The Bertz CT molecular complexity index is 356. The third kappa shape index (κ3) is 4.27. The maximum atomic E-state index is 5.96. The van der Waals surface area contributed by atoms with Crippen LogP contribution < -0.4 is 5.32 Å². The van der Waals surface area contributed by atoms with Gasteiger partial charge in [-0.15, -0.1) is 0 Å². The van der Waals surface area contributed by atoms with Crippen molar-refractivity contribution in [2.45, 2.75) is 31.9 Å². The molecule has 4 nitrogen and oxygen atoms in total. The van der Waals surface area contributed by atoms with Crippen molar-refractivity contribution >= 4 is 0 Å². The summed E-state index contributed by atoms with van der Waals surface area (Å²) < 4.78 is 5.96. The summed E-state index contributed by atoms with van der Waals surface area (Å²) in [4.78, 5) is 6.68. The average Bonchev–Trinajstić information content (AvgIpc) is 2.46. The van der Waals surface area contributed by atoms with Crippen LogP contribution in [0.4, 0.5) is 0 Å². The van der Waals surface area contributed by atoms with Gasteiger partial charge in [-0.05, 0) is 38.1 Å². The Kier molecular flexibility index (Phi) is 5.76. The fourth-order valence-corrected chi connectivity index (χ4v) is 2.69. The van der Waals surface area contributed by atoms with Crippen LogP contribution in [0.25, 0.3) is 0 Å². The van der Waals surface area contributed by atoms with Crippen molar-refractivity contribution in [2.24, 2.45) is 0 Å². The molecule has 0 spiro atoms. The predicted molar refractivity (Wildman–Crippen MR) is 77.3 cm³/mol. The van der Waals surface area contributed by atoms with Crippen molar-refractivity contribution in [3.63, 3.8) is 0 Å². The lowest BCUT2D eigenvalue weighted by Crippen LogP contribution is -2.52. The Morgan fingerprint density at radius 1 is 1.58 bits per heavy atom. The standard InChI is InChI=1S/C15H25N3O/c1-3-7-18-8-9-19-15(12-18)14(16-2)10-13-5-4-6-17-11-13/h4-6,11,14-16H,3,7-10,12H2,1-2H3. The van der Waals surface area contributed by atoms with Crippen molar-refractivity contribution < 1.29 is 4.74 Å². The van der Waals surface area contributed by atoms with Gasteiger partial charge in [0.25, 0.3) is 0 Å². The summed E-state index contributed by atoms with van der Waals surface area (Å²) in [5.41, 5.74) is 1.26. The Hall–Kier alpha value is -0.970. The number of pyridine rings is 1. The van der Waals surface area contributed by atoms with E-state index in [2.05, 4.69) is 28.2 Å². The molecule has 0 aromatic carbocycles. The molecule has 0 aliphatic carbocycles. The molecule has 1 aromatic heterocycles. The van der Waals surface area contributed by atoms with Crippen LogP contribution in [-0.4, -0.2) is 55.3 Å². The largest absolute Gasteiger partial charge is 0.374 e. The quantitative estimate of drug-likeness (QED) is 0.840. The first-order valence-electron chi connectivity index (χ1n) is 7.23.